The number of aryl methyl sites for hydroxylation is 1. The van der Waals surface area contributed by atoms with Gasteiger partial charge in [0.15, 0.2) is 0 Å². The molecule has 0 aromatic heterocycles. The van der Waals surface area contributed by atoms with E-state index in [9.17, 15) is 4.79 Å². The molecule has 1 aromatic rings. The minimum atomic E-state index is 0.188. The minimum Gasteiger partial charge on any atom is -0.356 e. The second kappa shape index (κ2) is 8.94. The molecule has 1 heterocycles. The first-order valence-electron chi connectivity index (χ1n) is 8.66. The molecule has 0 saturated carbocycles. The number of piperidine rings is 1. The summed E-state index contributed by atoms with van der Waals surface area (Å²) < 4.78 is 0. The van der Waals surface area contributed by atoms with Crippen LogP contribution in [0.5, 0.6) is 0 Å². The van der Waals surface area contributed by atoms with Gasteiger partial charge in [-0.15, -0.1) is 0 Å². The van der Waals surface area contributed by atoms with Crippen LogP contribution in [-0.4, -0.2) is 37.0 Å². The predicted octanol–water partition coefficient (Wildman–Crippen LogP) is 3.10. The molecule has 1 N–H and O–H groups in total. The standard InChI is InChI=1S/C19H30N2O/c1-16(2)15-21-12-10-18(11-13-21)14-20-19(22)9-8-17-6-4-3-5-7-17/h3-7,16,18H,8-15H2,1-2H3,(H,20,22). The lowest BCUT2D eigenvalue weighted by atomic mass is 9.96. The molecule has 1 fully saturated rings. The highest BCUT2D eigenvalue weighted by molar-refractivity contribution is 5.76. The second-order valence-electron chi connectivity index (χ2n) is 6.93. The molecule has 1 amide bonds. The third-order valence-corrected chi connectivity index (χ3v) is 4.40. The zero-order valence-electron chi connectivity index (χ0n) is 14.1. The van der Waals surface area contributed by atoms with E-state index >= 15 is 0 Å². The molecule has 0 aliphatic carbocycles. The smallest absolute Gasteiger partial charge is 0.220 e. The molecule has 1 aliphatic rings. The first-order valence-corrected chi connectivity index (χ1v) is 8.66. The number of rotatable bonds is 7. The highest BCUT2D eigenvalue weighted by Gasteiger charge is 2.19. The molecule has 1 aromatic carbocycles. The first kappa shape index (κ1) is 17.0. The van der Waals surface area contributed by atoms with Crippen LogP contribution >= 0.6 is 0 Å². The molecule has 2 rings (SSSR count). The summed E-state index contributed by atoms with van der Waals surface area (Å²) in [5.41, 5.74) is 1.24. The van der Waals surface area contributed by atoms with Gasteiger partial charge in [-0.1, -0.05) is 44.2 Å². The summed E-state index contributed by atoms with van der Waals surface area (Å²) in [6.45, 7) is 8.98. The SMILES string of the molecule is CC(C)CN1CCC(CNC(=O)CCc2ccccc2)CC1. The van der Waals surface area contributed by atoms with Gasteiger partial charge in [0.2, 0.25) is 5.91 Å². The van der Waals surface area contributed by atoms with Crippen molar-refractivity contribution in [1.29, 1.82) is 0 Å². The fourth-order valence-electron chi connectivity index (χ4n) is 3.14. The number of hydrogen-bond donors (Lipinski definition) is 1. The van der Waals surface area contributed by atoms with Crippen LogP contribution in [0.4, 0.5) is 0 Å². The Labute approximate surface area is 135 Å². The van der Waals surface area contributed by atoms with Gasteiger partial charge in [0.1, 0.15) is 0 Å². The van der Waals surface area contributed by atoms with E-state index in [1.54, 1.807) is 0 Å². The van der Waals surface area contributed by atoms with Gasteiger partial charge in [0.25, 0.3) is 0 Å². The van der Waals surface area contributed by atoms with Crippen molar-refractivity contribution in [2.24, 2.45) is 11.8 Å². The quantitative estimate of drug-likeness (QED) is 0.839. The first-order chi connectivity index (χ1) is 10.6. The van der Waals surface area contributed by atoms with Crippen molar-refractivity contribution in [2.75, 3.05) is 26.2 Å². The third-order valence-electron chi connectivity index (χ3n) is 4.40. The average Bonchev–Trinajstić information content (AvgIpc) is 2.53. The summed E-state index contributed by atoms with van der Waals surface area (Å²) in [7, 11) is 0. The molecule has 3 heteroatoms. The normalized spacial score (nSPS) is 16.9. The molecule has 1 aliphatic heterocycles. The van der Waals surface area contributed by atoms with Gasteiger partial charge in [-0.25, -0.2) is 0 Å². The molecule has 22 heavy (non-hydrogen) atoms. The van der Waals surface area contributed by atoms with Crippen molar-refractivity contribution in [1.82, 2.24) is 10.2 Å². The number of nitrogens with one attached hydrogen (secondary N) is 1. The van der Waals surface area contributed by atoms with Crippen LogP contribution in [0.1, 0.15) is 38.7 Å². The Bertz CT molecular complexity index is 436. The molecule has 1 saturated heterocycles. The molecule has 0 atom stereocenters. The highest BCUT2D eigenvalue weighted by Crippen LogP contribution is 2.17. The van der Waals surface area contributed by atoms with Gasteiger partial charge in [-0.2, -0.15) is 0 Å². The summed E-state index contributed by atoms with van der Waals surface area (Å²) in [5, 5.41) is 3.12. The highest BCUT2D eigenvalue weighted by atomic mass is 16.1. The van der Waals surface area contributed by atoms with E-state index in [1.807, 2.05) is 18.2 Å². The van der Waals surface area contributed by atoms with E-state index in [0.717, 1.165) is 18.9 Å². The van der Waals surface area contributed by atoms with Crippen LogP contribution in [-0.2, 0) is 11.2 Å². The van der Waals surface area contributed by atoms with Crippen LogP contribution in [0.3, 0.4) is 0 Å². The van der Waals surface area contributed by atoms with Crippen LogP contribution in [0.2, 0.25) is 0 Å². The second-order valence-corrected chi connectivity index (χ2v) is 6.93. The Balaban J connectivity index is 1.59. The lowest BCUT2D eigenvalue weighted by Gasteiger charge is -2.33. The van der Waals surface area contributed by atoms with Gasteiger partial charge in [-0.3, -0.25) is 4.79 Å². The van der Waals surface area contributed by atoms with Crippen molar-refractivity contribution in [2.45, 2.75) is 39.5 Å². The summed E-state index contributed by atoms with van der Waals surface area (Å²) in [6.07, 6.45) is 3.85. The summed E-state index contributed by atoms with van der Waals surface area (Å²) in [6, 6.07) is 10.2. The molecule has 3 nitrogen and oxygen atoms in total. The van der Waals surface area contributed by atoms with Gasteiger partial charge >= 0.3 is 0 Å². The number of carbonyl (C=O) groups excluding carboxylic acids is 1. The Morgan fingerprint density at radius 3 is 2.55 bits per heavy atom. The molecule has 0 spiro atoms. The Morgan fingerprint density at radius 2 is 1.91 bits per heavy atom. The van der Waals surface area contributed by atoms with E-state index in [2.05, 4.69) is 36.2 Å². The zero-order chi connectivity index (χ0) is 15.8. The largest absolute Gasteiger partial charge is 0.356 e. The van der Waals surface area contributed by atoms with Gasteiger partial charge < -0.3 is 10.2 Å². The molecule has 0 unspecified atom stereocenters. The maximum Gasteiger partial charge on any atom is 0.220 e. The number of hydrogen-bond acceptors (Lipinski definition) is 2. The maximum atomic E-state index is 11.9. The topological polar surface area (TPSA) is 32.3 Å². The van der Waals surface area contributed by atoms with E-state index in [4.69, 9.17) is 0 Å². The van der Waals surface area contributed by atoms with Crippen molar-refractivity contribution >= 4 is 5.91 Å². The monoisotopic (exact) mass is 302 g/mol. The summed E-state index contributed by atoms with van der Waals surface area (Å²) >= 11 is 0. The number of amides is 1. The summed E-state index contributed by atoms with van der Waals surface area (Å²) in [5.74, 6) is 1.59. The summed E-state index contributed by atoms with van der Waals surface area (Å²) in [4.78, 5) is 14.5. The third kappa shape index (κ3) is 6.18. The van der Waals surface area contributed by atoms with Crippen LogP contribution in [0, 0.1) is 11.8 Å². The Kier molecular flexibility index (Phi) is 6.91. The van der Waals surface area contributed by atoms with Crippen LogP contribution in [0.15, 0.2) is 30.3 Å². The maximum absolute atomic E-state index is 11.9. The predicted molar refractivity (Wildman–Crippen MR) is 91.8 cm³/mol. The number of likely N-dealkylation sites (tertiary alicyclic amines) is 1. The van der Waals surface area contributed by atoms with Crippen molar-refractivity contribution in [3.63, 3.8) is 0 Å². The molecule has 122 valence electrons. The lowest BCUT2D eigenvalue weighted by Crippen LogP contribution is -2.40. The number of nitrogens with zero attached hydrogens (tertiary/aromatic N) is 1. The number of carbonyl (C=O) groups is 1. The van der Waals surface area contributed by atoms with Crippen molar-refractivity contribution < 1.29 is 4.79 Å². The van der Waals surface area contributed by atoms with E-state index in [1.165, 1.54) is 38.0 Å². The van der Waals surface area contributed by atoms with E-state index < -0.39 is 0 Å². The molecule has 0 bridgehead atoms. The fourth-order valence-corrected chi connectivity index (χ4v) is 3.14. The Morgan fingerprint density at radius 1 is 1.23 bits per heavy atom. The van der Waals surface area contributed by atoms with Gasteiger partial charge in [0, 0.05) is 19.5 Å². The van der Waals surface area contributed by atoms with E-state index in [-0.39, 0.29) is 5.91 Å². The zero-order valence-corrected chi connectivity index (χ0v) is 14.1. The number of benzene rings is 1. The lowest BCUT2D eigenvalue weighted by molar-refractivity contribution is -0.121. The Hall–Kier alpha value is -1.35. The van der Waals surface area contributed by atoms with E-state index in [0.29, 0.717) is 12.3 Å². The molecule has 0 radical (unpaired) electrons. The van der Waals surface area contributed by atoms with Gasteiger partial charge in [0.05, 0.1) is 0 Å². The minimum absolute atomic E-state index is 0.188. The van der Waals surface area contributed by atoms with Gasteiger partial charge in [-0.05, 0) is 49.8 Å². The fraction of sp³-hybridized carbons (Fsp3) is 0.632. The molecular weight excluding hydrogens is 272 g/mol. The van der Waals surface area contributed by atoms with Crippen LogP contribution in [0.25, 0.3) is 0 Å². The average molecular weight is 302 g/mol. The van der Waals surface area contributed by atoms with Crippen molar-refractivity contribution in [3.8, 4) is 0 Å². The van der Waals surface area contributed by atoms with Crippen molar-refractivity contribution in [3.05, 3.63) is 35.9 Å². The van der Waals surface area contributed by atoms with Crippen LogP contribution < -0.4 is 5.32 Å². The molecular formula is C19H30N2O.